The molecule has 32 heavy (non-hydrogen) atoms. The lowest BCUT2D eigenvalue weighted by Crippen LogP contribution is -2.29. The van der Waals surface area contributed by atoms with Crippen LogP contribution in [0.1, 0.15) is 0 Å². The van der Waals surface area contributed by atoms with Crippen molar-refractivity contribution in [3.05, 3.63) is 103 Å². The van der Waals surface area contributed by atoms with E-state index >= 15 is 0 Å². The minimum atomic E-state index is -1.54. The molecule has 6 aromatic rings. The molecule has 0 saturated heterocycles. The maximum absolute atomic E-state index is 9.79. The lowest BCUT2D eigenvalue weighted by molar-refractivity contribution is 0.426. The first kappa shape index (κ1) is 18.8. The Hall–Kier alpha value is -3.93. The Kier molecular flexibility index (Phi) is 4.32. The first-order chi connectivity index (χ1) is 15.7. The average molecular weight is 414 g/mol. The molecule has 0 spiro atoms. The lowest BCUT2D eigenvalue weighted by Gasteiger charge is -2.13. The van der Waals surface area contributed by atoms with Gasteiger partial charge in [-0.05, 0) is 28.4 Å². The third-order valence-electron chi connectivity index (χ3n) is 5.99. The second-order valence-electron chi connectivity index (χ2n) is 7.89. The number of hydrogen-bond donors (Lipinski definition) is 2. The summed E-state index contributed by atoms with van der Waals surface area (Å²) in [5.74, 6) is 0.812. The van der Waals surface area contributed by atoms with Gasteiger partial charge in [0.25, 0.3) is 0 Å². The van der Waals surface area contributed by atoms with Gasteiger partial charge in [0.2, 0.25) is 0 Å². The third-order valence-corrected chi connectivity index (χ3v) is 5.99. The van der Waals surface area contributed by atoms with Crippen molar-refractivity contribution in [2.75, 3.05) is 0 Å². The fourth-order valence-corrected chi connectivity index (χ4v) is 4.56. The average Bonchev–Trinajstić information content (AvgIpc) is 3.26. The van der Waals surface area contributed by atoms with E-state index in [1.807, 2.05) is 60.7 Å². The number of nitrogens with zero attached hydrogens (tertiary/aromatic N) is 2. The SMILES string of the molecule is OB(O)c1cccc(-n2c(-c3ccccc3)nc3c4ccccc4c4ccccc4c32)c1. The normalized spacial score (nSPS) is 11.4. The second kappa shape index (κ2) is 7.34. The zero-order valence-electron chi connectivity index (χ0n) is 17.2. The molecule has 0 atom stereocenters. The van der Waals surface area contributed by atoms with Gasteiger partial charge in [-0.1, -0.05) is 91.0 Å². The minimum Gasteiger partial charge on any atom is -0.423 e. The standard InChI is InChI=1S/C27H19BN2O2/c31-28(32)19-11-8-12-20(17-19)30-26-24-16-7-5-14-22(24)21-13-4-6-15-23(21)25(26)29-27(30)18-9-2-1-3-10-18/h1-17,31-32H. The van der Waals surface area contributed by atoms with Gasteiger partial charge in [-0.25, -0.2) is 4.98 Å². The summed E-state index contributed by atoms with van der Waals surface area (Å²) in [7, 11) is -1.54. The molecule has 0 aliphatic heterocycles. The zero-order valence-corrected chi connectivity index (χ0v) is 17.2. The van der Waals surface area contributed by atoms with E-state index in [1.165, 1.54) is 5.39 Å². The Bertz CT molecular complexity index is 1610. The van der Waals surface area contributed by atoms with E-state index in [0.29, 0.717) is 5.46 Å². The maximum atomic E-state index is 9.79. The van der Waals surface area contributed by atoms with Gasteiger partial charge < -0.3 is 10.0 Å². The van der Waals surface area contributed by atoms with Crippen LogP contribution >= 0.6 is 0 Å². The number of aromatic nitrogens is 2. The summed E-state index contributed by atoms with van der Waals surface area (Å²) < 4.78 is 2.13. The Morgan fingerprint density at radius 2 is 1.25 bits per heavy atom. The van der Waals surface area contributed by atoms with Crippen LogP contribution in [0, 0.1) is 0 Å². The van der Waals surface area contributed by atoms with Gasteiger partial charge in [0.05, 0.1) is 11.0 Å². The van der Waals surface area contributed by atoms with Gasteiger partial charge in [-0.2, -0.15) is 0 Å². The molecule has 1 heterocycles. The van der Waals surface area contributed by atoms with Gasteiger partial charge in [0.15, 0.2) is 0 Å². The first-order valence-electron chi connectivity index (χ1n) is 10.6. The predicted octanol–water partition coefficient (Wildman–Crippen LogP) is 4.68. The summed E-state index contributed by atoms with van der Waals surface area (Å²) in [5.41, 5.74) is 4.19. The van der Waals surface area contributed by atoms with E-state index in [-0.39, 0.29) is 0 Å². The van der Waals surface area contributed by atoms with Gasteiger partial charge in [0, 0.05) is 22.0 Å². The highest BCUT2D eigenvalue weighted by Crippen LogP contribution is 2.38. The molecule has 0 amide bonds. The summed E-state index contributed by atoms with van der Waals surface area (Å²) in [6.45, 7) is 0. The van der Waals surface area contributed by atoms with Gasteiger partial charge in [-0.3, -0.25) is 4.57 Å². The van der Waals surface area contributed by atoms with Crippen molar-refractivity contribution in [3.8, 4) is 17.1 Å². The highest BCUT2D eigenvalue weighted by atomic mass is 16.4. The molecule has 0 unspecified atom stereocenters. The molecule has 0 radical (unpaired) electrons. The largest absolute Gasteiger partial charge is 0.488 e. The smallest absolute Gasteiger partial charge is 0.423 e. The molecule has 4 nitrogen and oxygen atoms in total. The van der Waals surface area contributed by atoms with Crippen molar-refractivity contribution in [1.82, 2.24) is 9.55 Å². The predicted molar refractivity (Wildman–Crippen MR) is 131 cm³/mol. The molecule has 1 aromatic heterocycles. The Labute approximate surface area is 185 Å². The number of benzene rings is 5. The van der Waals surface area contributed by atoms with Crippen molar-refractivity contribution in [3.63, 3.8) is 0 Å². The van der Waals surface area contributed by atoms with Crippen LogP contribution in [-0.2, 0) is 0 Å². The van der Waals surface area contributed by atoms with Crippen LogP contribution in [-0.4, -0.2) is 26.7 Å². The molecule has 0 saturated carbocycles. The van der Waals surface area contributed by atoms with Crippen LogP contribution < -0.4 is 5.46 Å². The molecule has 152 valence electrons. The quantitative estimate of drug-likeness (QED) is 0.327. The van der Waals surface area contributed by atoms with Crippen molar-refractivity contribution < 1.29 is 10.0 Å². The molecular weight excluding hydrogens is 395 g/mol. The van der Waals surface area contributed by atoms with Crippen LogP contribution in [0.4, 0.5) is 0 Å². The number of hydrogen-bond acceptors (Lipinski definition) is 3. The molecule has 5 aromatic carbocycles. The minimum absolute atomic E-state index is 0.438. The lowest BCUT2D eigenvalue weighted by atomic mass is 9.80. The van der Waals surface area contributed by atoms with E-state index in [9.17, 15) is 10.0 Å². The van der Waals surface area contributed by atoms with E-state index in [0.717, 1.165) is 44.3 Å². The number of rotatable bonds is 3. The summed E-state index contributed by atoms with van der Waals surface area (Å²) in [6, 6.07) is 34.2. The van der Waals surface area contributed by atoms with Gasteiger partial charge in [0.1, 0.15) is 5.82 Å². The van der Waals surface area contributed by atoms with E-state index in [2.05, 4.69) is 41.0 Å². The van der Waals surface area contributed by atoms with Crippen LogP contribution in [0.2, 0.25) is 0 Å². The molecule has 2 N–H and O–H groups in total. The monoisotopic (exact) mass is 414 g/mol. The maximum Gasteiger partial charge on any atom is 0.488 e. The number of fused-ring (bicyclic) bond motifs is 6. The first-order valence-corrected chi connectivity index (χ1v) is 10.6. The fourth-order valence-electron chi connectivity index (χ4n) is 4.56. The van der Waals surface area contributed by atoms with Crippen LogP contribution in [0.3, 0.4) is 0 Å². The van der Waals surface area contributed by atoms with E-state index in [4.69, 9.17) is 4.98 Å². The van der Waals surface area contributed by atoms with Crippen molar-refractivity contribution in [2.45, 2.75) is 0 Å². The second-order valence-corrected chi connectivity index (χ2v) is 7.89. The molecule has 0 aliphatic rings. The zero-order chi connectivity index (χ0) is 21.7. The number of imidazole rings is 1. The fraction of sp³-hybridized carbons (Fsp3) is 0. The summed E-state index contributed by atoms with van der Waals surface area (Å²) in [5, 5.41) is 24.1. The molecule has 0 fully saturated rings. The van der Waals surface area contributed by atoms with Gasteiger partial charge in [-0.15, -0.1) is 0 Å². The van der Waals surface area contributed by atoms with Crippen LogP contribution in [0.25, 0.3) is 49.7 Å². The molecule has 6 rings (SSSR count). The highest BCUT2D eigenvalue weighted by molar-refractivity contribution is 6.58. The summed E-state index contributed by atoms with van der Waals surface area (Å²) in [4.78, 5) is 5.15. The highest BCUT2D eigenvalue weighted by Gasteiger charge is 2.21. The Morgan fingerprint density at radius 3 is 1.97 bits per heavy atom. The van der Waals surface area contributed by atoms with E-state index in [1.54, 1.807) is 6.07 Å². The van der Waals surface area contributed by atoms with Crippen LogP contribution in [0.5, 0.6) is 0 Å². The Morgan fingerprint density at radius 1 is 0.625 bits per heavy atom. The van der Waals surface area contributed by atoms with E-state index < -0.39 is 7.12 Å². The topological polar surface area (TPSA) is 58.3 Å². The molecule has 0 aliphatic carbocycles. The molecule has 5 heteroatoms. The molecular formula is C27H19BN2O2. The van der Waals surface area contributed by atoms with Crippen molar-refractivity contribution >= 4 is 45.2 Å². The van der Waals surface area contributed by atoms with Crippen molar-refractivity contribution in [1.29, 1.82) is 0 Å². The van der Waals surface area contributed by atoms with Gasteiger partial charge >= 0.3 is 7.12 Å². The third kappa shape index (κ3) is 2.83. The Balaban J connectivity index is 1.84. The van der Waals surface area contributed by atoms with Crippen molar-refractivity contribution in [2.24, 2.45) is 0 Å². The summed E-state index contributed by atoms with van der Waals surface area (Å²) >= 11 is 0. The summed E-state index contributed by atoms with van der Waals surface area (Å²) in [6.07, 6.45) is 0. The van der Waals surface area contributed by atoms with Crippen LogP contribution in [0.15, 0.2) is 103 Å². The molecule has 0 bridgehead atoms.